The molecule has 15 heavy (non-hydrogen) atoms. The van der Waals surface area contributed by atoms with Gasteiger partial charge in [0.15, 0.2) is 0 Å². The van der Waals surface area contributed by atoms with E-state index in [9.17, 15) is 4.39 Å². The zero-order valence-corrected chi connectivity index (χ0v) is 9.35. The van der Waals surface area contributed by atoms with Crippen molar-refractivity contribution < 1.29 is 9.50 Å². The number of fused-ring (bicyclic) bond motifs is 1. The molecule has 1 aliphatic heterocycles. The van der Waals surface area contributed by atoms with Crippen LogP contribution in [0.2, 0.25) is 0 Å². The highest BCUT2D eigenvalue weighted by Gasteiger charge is 2.26. The summed E-state index contributed by atoms with van der Waals surface area (Å²) in [5.74, 6) is -0.200. The summed E-state index contributed by atoms with van der Waals surface area (Å²) in [4.78, 5) is 0.937. The summed E-state index contributed by atoms with van der Waals surface area (Å²) in [6.45, 7) is 2.19. The summed E-state index contributed by atoms with van der Waals surface area (Å²) in [6.07, 6.45) is 0.731. The monoisotopic (exact) mass is 227 g/mol. The Balaban J connectivity index is 2.25. The number of nitrogens with one attached hydrogen (secondary N) is 1. The largest absolute Gasteiger partial charge is 0.396 e. The lowest BCUT2D eigenvalue weighted by Gasteiger charge is -2.31. The number of hydrogen-bond acceptors (Lipinski definition) is 3. The number of hydrogen-bond donors (Lipinski definition) is 2. The Morgan fingerprint density at radius 1 is 1.53 bits per heavy atom. The van der Waals surface area contributed by atoms with Gasteiger partial charge in [-0.3, -0.25) is 0 Å². The maximum absolute atomic E-state index is 13.4. The van der Waals surface area contributed by atoms with Crippen molar-refractivity contribution in [2.75, 3.05) is 11.9 Å². The number of para-hydroxylation sites is 1. The molecule has 2 unspecified atom stereocenters. The first-order valence-corrected chi connectivity index (χ1v) is 5.93. The van der Waals surface area contributed by atoms with Crippen molar-refractivity contribution in [3.63, 3.8) is 0 Å². The van der Waals surface area contributed by atoms with Crippen molar-refractivity contribution in [2.45, 2.75) is 29.5 Å². The van der Waals surface area contributed by atoms with Crippen LogP contribution in [0.4, 0.5) is 10.1 Å². The van der Waals surface area contributed by atoms with Crippen LogP contribution in [0.25, 0.3) is 0 Å². The molecule has 2 N–H and O–H groups in total. The fourth-order valence-electron chi connectivity index (χ4n) is 1.76. The number of aliphatic hydroxyl groups is 1. The molecule has 0 amide bonds. The highest BCUT2D eigenvalue weighted by atomic mass is 32.2. The normalized spacial score (nSPS) is 24.5. The van der Waals surface area contributed by atoms with Gasteiger partial charge in [0.2, 0.25) is 0 Å². The van der Waals surface area contributed by atoms with E-state index in [2.05, 4.69) is 5.32 Å². The van der Waals surface area contributed by atoms with Gasteiger partial charge in [0.1, 0.15) is 5.82 Å². The second kappa shape index (κ2) is 4.41. The Morgan fingerprint density at radius 2 is 2.33 bits per heavy atom. The van der Waals surface area contributed by atoms with Crippen molar-refractivity contribution in [1.29, 1.82) is 0 Å². The molecule has 82 valence electrons. The first-order valence-electron chi connectivity index (χ1n) is 5.05. The predicted octanol–water partition coefficient (Wildman–Crippen LogP) is 2.48. The molecular formula is C11H14FNOS. The SMILES string of the molecule is CC1Nc2c(F)cccc2SC1CCO. The molecule has 0 aromatic heterocycles. The van der Waals surface area contributed by atoms with Gasteiger partial charge in [-0.1, -0.05) is 6.07 Å². The summed E-state index contributed by atoms with van der Waals surface area (Å²) >= 11 is 1.64. The van der Waals surface area contributed by atoms with E-state index in [0.29, 0.717) is 10.9 Å². The van der Waals surface area contributed by atoms with E-state index in [0.717, 1.165) is 11.3 Å². The molecule has 2 rings (SSSR count). The van der Waals surface area contributed by atoms with E-state index in [1.165, 1.54) is 6.07 Å². The highest BCUT2D eigenvalue weighted by Crippen LogP contribution is 2.40. The molecular weight excluding hydrogens is 213 g/mol. The van der Waals surface area contributed by atoms with Gasteiger partial charge in [-0.15, -0.1) is 11.8 Å². The Labute approximate surface area is 92.9 Å². The van der Waals surface area contributed by atoms with Gasteiger partial charge < -0.3 is 10.4 Å². The fourth-order valence-corrected chi connectivity index (χ4v) is 3.02. The van der Waals surface area contributed by atoms with Crippen molar-refractivity contribution in [3.8, 4) is 0 Å². The van der Waals surface area contributed by atoms with Crippen LogP contribution in [-0.2, 0) is 0 Å². The third-order valence-corrected chi connectivity index (χ3v) is 4.14. The van der Waals surface area contributed by atoms with E-state index in [1.54, 1.807) is 17.8 Å². The van der Waals surface area contributed by atoms with E-state index < -0.39 is 0 Å². The number of halogens is 1. The smallest absolute Gasteiger partial charge is 0.147 e. The second-order valence-electron chi connectivity index (χ2n) is 3.71. The number of benzene rings is 1. The summed E-state index contributed by atoms with van der Waals surface area (Å²) in [7, 11) is 0. The molecule has 0 saturated heterocycles. The minimum atomic E-state index is -0.200. The van der Waals surface area contributed by atoms with Crippen LogP contribution in [0.5, 0.6) is 0 Å². The third-order valence-electron chi connectivity index (χ3n) is 2.60. The van der Waals surface area contributed by atoms with Gasteiger partial charge in [-0.2, -0.15) is 0 Å². The van der Waals surface area contributed by atoms with Crippen LogP contribution in [0.3, 0.4) is 0 Å². The lowest BCUT2D eigenvalue weighted by molar-refractivity contribution is 0.284. The van der Waals surface area contributed by atoms with Gasteiger partial charge in [0.05, 0.1) is 5.69 Å². The van der Waals surface area contributed by atoms with E-state index in [-0.39, 0.29) is 18.5 Å². The molecule has 0 aliphatic carbocycles. The predicted molar refractivity (Wildman–Crippen MR) is 60.8 cm³/mol. The molecule has 0 saturated carbocycles. The number of aliphatic hydroxyl groups excluding tert-OH is 1. The molecule has 1 aromatic rings. The van der Waals surface area contributed by atoms with Gasteiger partial charge in [-0.05, 0) is 25.5 Å². The van der Waals surface area contributed by atoms with Crippen molar-refractivity contribution >= 4 is 17.4 Å². The standard InChI is InChI=1S/C11H14FNOS/c1-7-9(5-6-14)15-10-4-2-3-8(12)11(10)13-7/h2-4,7,9,13-14H,5-6H2,1H3. The average Bonchev–Trinajstić information content (AvgIpc) is 2.21. The van der Waals surface area contributed by atoms with E-state index in [1.807, 2.05) is 13.0 Å². The lowest BCUT2D eigenvalue weighted by atomic mass is 10.1. The zero-order valence-electron chi connectivity index (χ0n) is 8.53. The third kappa shape index (κ3) is 2.11. The first kappa shape index (κ1) is 10.8. The zero-order chi connectivity index (χ0) is 10.8. The van der Waals surface area contributed by atoms with Crippen LogP contribution in [0, 0.1) is 5.82 Å². The maximum Gasteiger partial charge on any atom is 0.147 e. The minimum Gasteiger partial charge on any atom is -0.396 e. The molecule has 1 aromatic carbocycles. The van der Waals surface area contributed by atoms with E-state index >= 15 is 0 Å². The van der Waals surface area contributed by atoms with Crippen LogP contribution < -0.4 is 5.32 Å². The van der Waals surface area contributed by atoms with Crippen LogP contribution in [-0.4, -0.2) is 23.0 Å². The number of rotatable bonds is 2. The molecule has 2 atom stereocenters. The Hall–Kier alpha value is -0.740. The van der Waals surface area contributed by atoms with Crippen LogP contribution in [0.1, 0.15) is 13.3 Å². The topological polar surface area (TPSA) is 32.3 Å². The Morgan fingerprint density at radius 3 is 3.07 bits per heavy atom. The van der Waals surface area contributed by atoms with Crippen LogP contribution >= 0.6 is 11.8 Å². The molecule has 0 fully saturated rings. The number of thioether (sulfide) groups is 1. The fraction of sp³-hybridized carbons (Fsp3) is 0.455. The van der Waals surface area contributed by atoms with Gasteiger partial charge in [0, 0.05) is 22.8 Å². The van der Waals surface area contributed by atoms with Gasteiger partial charge >= 0.3 is 0 Å². The molecule has 1 heterocycles. The highest BCUT2D eigenvalue weighted by molar-refractivity contribution is 8.00. The molecule has 0 radical (unpaired) electrons. The molecule has 2 nitrogen and oxygen atoms in total. The number of anilines is 1. The van der Waals surface area contributed by atoms with Crippen molar-refractivity contribution in [2.24, 2.45) is 0 Å². The maximum atomic E-state index is 13.4. The average molecular weight is 227 g/mol. The second-order valence-corrected chi connectivity index (χ2v) is 5.00. The summed E-state index contributed by atoms with van der Waals surface area (Å²) < 4.78 is 13.4. The van der Waals surface area contributed by atoms with Gasteiger partial charge in [0.25, 0.3) is 0 Å². The molecule has 0 spiro atoms. The summed E-state index contributed by atoms with van der Waals surface area (Å²) in [5.41, 5.74) is 0.601. The van der Waals surface area contributed by atoms with Crippen LogP contribution in [0.15, 0.2) is 23.1 Å². The van der Waals surface area contributed by atoms with Gasteiger partial charge in [-0.25, -0.2) is 4.39 Å². The molecule has 1 aliphatic rings. The molecule has 0 bridgehead atoms. The minimum absolute atomic E-state index is 0.175. The quantitative estimate of drug-likeness (QED) is 0.814. The Bertz CT molecular complexity index is 358. The lowest BCUT2D eigenvalue weighted by Crippen LogP contribution is -2.33. The van der Waals surface area contributed by atoms with Crippen molar-refractivity contribution in [1.82, 2.24) is 0 Å². The summed E-state index contributed by atoms with van der Waals surface area (Å²) in [6, 6.07) is 5.28. The Kier molecular flexibility index (Phi) is 3.17. The summed E-state index contributed by atoms with van der Waals surface area (Å²) in [5, 5.41) is 12.4. The molecule has 4 heteroatoms. The van der Waals surface area contributed by atoms with Crippen molar-refractivity contribution in [3.05, 3.63) is 24.0 Å². The van der Waals surface area contributed by atoms with E-state index in [4.69, 9.17) is 5.11 Å². The first-order chi connectivity index (χ1) is 7.22.